The fraction of sp³-hybridized carbons (Fsp3) is 0.385. The number of likely N-dealkylation sites (N-methyl/N-ethyl adjacent to an activating group) is 1. The van der Waals surface area contributed by atoms with Crippen molar-refractivity contribution in [2.45, 2.75) is 46.6 Å². The number of nitrogens with one attached hydrogen (secondary N) is 1. The summed E-state index contributed by atoms with van der Waals surface area (Å²) in [4.78, 5) is 27.3. The molecule has 2 amide bonds. The summed E-state index contributed by atoms with van der Waals surface area (Å²) in [6.45, 7) is 10.3. The first kappa shape index (κ1) is 23.4. The van der Waals surface area contributed by atoms with Gasteiger partial charge in [-0.3, -0.25) is 4.90 Å². The van der Waals surface area contributed by atoms with Crippen LogP contribution in [0.4, 0.5) is 4.79 Å². The van der Waals surface area contributed by atoms with Gasteiger partial charge in [0.1, 0.15) is 12.4 Å². The number of hydrogen-bond donors (Lipinski definition) is 1. The number of carbonyl (C=O) groups excluding carboxylic acids is 2. The number of nitrogens with zero attached hydrogens (tertiary/aromatic N) is 1. The van der Waals surface area contributed by atoms with Gasteiger partial charge in [0.15, 0.2) is 0 Å². The Labute approximate surface area is 190 Å². The van der Waals surface area contributed by atoms with E-state index >= 15 is 0 Å². The highest BCUT2D eigenvalue weighted by Gasteiger charge is 2.37. The molecule has 1 heterocycles. The smallest absolute Gasteiger partial charge is 0.338 e. The van der Waals surface area contributed by atoms with Crippen molar-refractivity contribution < 1.29 is 19.1 Å². The first-order chi connectivity index (χ1) is 15.2. The summed E-state index contributed by atoms with van der Waals surface area (Å²) >= 11 is 0. The van der Waals surface area contributed by atoms with Gasteiger partial charge < -0.3 is 14.8 Å². The van der Waals surface area contributed by atoms with Gasteiger partial charge in [0.25, 0.3) is 0 Å². The van der Waals surface area contributed by atoms with Crippen LogP contribution in [0.1, 0.15) is 55.0 Å². The first-order valence-corrected chi connectivity index (χ1v) is 11.0. The molecule has 0 radical (unpaired) electrons. The third-order valence-corrected chi connectivity index (χ3v) is 5.74. The second kappa shape index (κ2) is 9.90. The molecule has 1 aliphatic heterocycles. The Morgan fingerprint density at radius 3 is 2.44 bits per heavy atom. The number of benzene rings is 2. The fourth-order valence-electron chi connectivity index (χ4n) is 3.79. The zero-order valence-corrected chi connectivity index (χ0v) is 19.7. The Morgan fingerprint density at radius 1 is 1.12 bits per heavy atom. The van der Waals surface area contributed by atoms with Gasteiger partial charge in [0.05, 0.1) is 23.9 Å². The molecule has 1 aliphatic rings. The fourth-order valence-corrected chi connectivity index (χ4v) is 3.79. The summed E-state index contributed by atoms with van der Waals surface area (Å²) in [5, 5.41) is 2.96. The van der Waals surface area contributed by atoms with Crippen LogP contribution in [0.5, 0.6) is 5.75 Å². The van der Waals surface area contributed by atoms with E-state index in [1.165, 1.54) is 10.5 Å². The van der Waals surface area contributed by atoms with Gasteiger partial charge in [-0.05, 0) is 55.5 Å². The number of amides is 2. The van der Waals surface area contributed by atoms with Crippen LogP contribution in [0.3, 0.4) is 0 Å². The maximum Gasteiger partial charge on any atom is 0.338 e. The van der Waals surface area contributed by atoms with Gasteiger partial charge in [-0.2, -0.15) is 0 Å². The number of aryl methyl sites for hydroxylation is 2. The van der Waals surface area contributed by atoms with Crippen LogP contribution in [-0.2, 0) is 9.53 Å². The van der Waals surface area contributed by atoms with E-state index in [-0.39, 0.29) is 19.2 Å². The van der Waals surface area contributed by atoms with Crippen LogP contribution in [0, 0.1) is 13.8 Å². The Kier molecular flexibility index (Phi) is 7.23. The van der Waals surface area contributed by atoms with Crippen molar-refractivity contribution in [3.63, 3.8) is 0 Å². The van der Waals surface area contributed by atoms with E-state index in [4.69, 9.17) is 9.47 Å². The van der Waals surface area contributed by atoms with Gasteiger partial charge in [-0.15, -0.1) is 0 Å². The predicted molar refractivity (Wildman–Crippen MR) is 125 cm³/mol. The average molecular weight is 437 g/mol. The molecule has 0 fully saturated rings. The van der Waals surface area contributed by atoms with Crippen molar-refractivity contribution >= 4 is 12.0 Å². The van der Waals surface area contributed by atoms with E-state index in [2.05, 4.69) is 19.2 Å². The Hall–Kier alpha value is -3.28. The van der Waals surface area contributed by atoms with Crippen molar-refractivity contribution in [3.05, 3.63) is 76.0 Å². The van der Waals surface area contributed by atoms with Crippen LogP contribution >= 0.6 is 0 Å². The minimum absolute atomic E-state index is 0.0699. The summed E-state index contributed by atoms with van der Waals surface area (Å²) in [7, 11) is 1.63. The van der Waals surface area contributed by atoms with E-state index in [0.717, 1.165) is 16.7 Å². The number of rotatable bonds is 7. The Morgan fingerprint density at radius 2 is 1.81 bits per heavy atom. The predicted octanol–water partition coefficient (Wildman–Crippen LogP) is 5.02. The molecule has 1 N–H and O–H groups in total. The zero-order valence-electron chi connectivity index (χ0n) is 19.7. The lowest BCUT2D eigenvalue weighted by Gasteiger charge is -2.35. The average Bonchev–Trinajstić information content (AvgIpc) is 2.76. The van der Waals surface area contributed by atoms with Crippen molar-refractivity contribution in [2.75, 3.05) is 20.3 Å². The van der Waals surface area contributed by atoms with Gasteiger partial charge in [-0.1, -0.05) is 49.7 Å². The maximum atomic E-state index is 13.1. The highest BCUT2D eigenvalue weighted by Crippen LogP contribution is 2.33. The molecule has 32 heavy (non-hydrogen) atoms. The first-order valence-electron chi connectivity index (χ1n) is 11.0. The molecule has 1 unspecified atom stereocenters. The molecule has 2 aromatic carbocycles. The lowest BCUT2D eigenvalue weighted by Crippen LogP contribution is -2.48. The third kappa shape index (κ3) is 4.96. The van der Waals surface area contributed by atoms with Gasteiger partial charge in [-0.25, -0.2) is 9.59 Å². The van der Waals surface area contributed by atoms with E-state index in [9.17, 15) is 9.59 Å². The second-order valence-electron chi connectivity index (χ2n) is 8.39. The number of carbonyl (C=O) groups is 2. The lowest BCUT2D eigenvalue weighted by molar-refractivity contribution is -0.139. The molecule has 1 atom stereocenters. The summed E-state index contributed by atoms with van der Waals surface area (Å²) in [6, 6.07) is 13.0. The molecule has 0 aliphatic carbocycles. The molecule has 170 valence electrons. The lowest BCUT2D eigenvalue weighted by atomic mass is 9.90. The summed E-state index contributed by atoms with van der Waals surface area (Å²) in [5.74, 6) is 0.639. The molecular formula is C26H32N2O4. The Bertz CT molecular complexity index is 1020. The third-order valence-electron chi connectivity index (χ3n) is 5.74. The van der Waals surface area contributed by atoms with Crippen molar-refractivity contribution in [1.82, 2.24) is 10.2 Å². The number of hydrogen-bond acceptors (Lipinski definition) is 4. The zero-order chi connectivity index (χ0) is 23.4. The van der Waals surface area contributed by atoms with Crippen LogP contribution in [0.15, 0.2) is 53.7 Å². The van der Waals surface area contributed by atoms with Crippen LogP contribution in [0.2, 0.25) is 0 Å². The molecule has 6 heteroatoms. The second-order valence-corrected chi connectivity index (χ2v) is 8.39. The van der Waals surface area contributed by atoms with Gasteiger partial charge >= 0.3 is 12.0 Å². The molecule has 0 bridgehead atoms. The van der Waals surface area contributed by atoms with Crippen LogP contribution < -0.4 is 10.1 Å². The highest BCUT2D eigenvalue weighted by atomic mass is 16.5. The van der Waals surface area contributed by atoms with Gasteiger partial charge in [0, 0.05) is 7.05 Å². The molecule has 3 rings (SSSR count). The molecule has 0 saturated carbocycles. The minimum Gasteiger partial charge on any atom is -0.487 e. The summed E-state index contributed by atoms with van der Waals surface area (Å²) in [6.07, 6.45) is 0. The summed E-state index contributed by atoms with van der Waals surface area (Å²) in [5.41, 5.74) is 5.00. The van der Waals surface area contributed by atoms with Crippen molar-refractivity contribution in [3.8, 4) is 5.75 Å². The molecule has 2 aromatic rings. The maximum absolute atomic E-state index is 13.1. The molecular weight excluding hydrogens is 404 g/mol. The quantitative estimate of drug-likeness (QED) is 0.619. The topological polar surface area (TPSA) is 67.9 Å². The minimum atomic E-state index is -0.612. The van der Waals surface area contributed by atoms with E-state index in [1.54, 1.807) is 14.0 Å². The highest BCUT2D eigenvalue weighted by molar-refractivity contribution is 5.95. The van der Waals surface area contributed by atoms with Crippen molar-refractivity contribution in [2.24, 2.45) is 0 Å². The SMILES string of the molecule is CCOC(=O)C1=C(COc2ccc(C(C)C)cc2)N(C)C(=O)NC1c1cc(C)ccc1C. The number of esters is 1. The van der Waals surface area contributed by atoms with E-state index in [0.29, 0.717) is 22.9 Å². The van der Waals surface area contributed by atoms with Crippen LogP contribution in [0.25, 0.3) is 0 Å². The number of urea groups is 1. The largest absolute Gasteiger partial charge is 0.487 e. The van der Waals surface area contributed by atoms with Crippen LogP contribution in [-0.4, -0.2) is 37.2 Å². The molecule has 6 nitrogen and oxygen atoms in total. The van der Waals surface area contributed by atoms with E-state index < -0.39 is 12.0 Å². The molecule has 0 spiro atoms. The monoisotopic (exact) mass is 436 g/mol. The van der Waals surface area contributed by atoms with E-state index in [1.807, 2.05) is 56.3 Å². The van der Waals surface area contributed by atoms with Gasteiger partial charge in [0.2, 0.25) is 0 Å². The van der Waals surface area contributed by atoms with Crippen molar-refractivity contribution in [1.29, 1.82) is 0 Å². The summed E-state index contributed by atoms with van der Waals surface area (Å²) < 4.78 is 11.4. The normalized spacial score (nSPS) is 16.3. The number of ether oxygens (including phenoxy) is 2. The Balaban J connectivity index is 2.02. The molecule has 0 saturated heterocycles. The molecule has 0 aromatic heterocycles. The standard InChI is InChI=1S/C26H32N2O4/c1-7-31-25(29)23-22(15-32-20-12-10-19(11-13-20)16(2)3)28(6)26(30)27-24(23)21-14-17(4)8-9-18(21)5/h8-14,16,24H,7,15H2,1-6H3,(H,27,30).